The molecular formula is C11H18N4O3. The largest absolute Gasteiger partial charge is 0.481 e. The van der Waals surface area contributed by atoms with Gasteiger partial charge >= 0.3 is 12.0 Å². The van der Waals surface area contributed by atoms with Gasteiger partial charge in [0.25, 0.3) is 0 Å². The van der Waals surface area contributed by atoms with Gasteiger partial charge in [-0.15, -0.1) is 0 Å². The van der Waals surface area contributed by atoms with E-state index in [9.17, 15) is 9.59 Å². The first-order chi connectivity index (χ1) is 8.68. The number of hydrogen-bond donors (Lipinski definition) is 3. The molecule has 0 aliphatic rings. The summed E-state index contributed by atoms with van der Waals surface area (Å²) in [6, 6.07) is 1.59. The van der Waals surface area contributed by atoms with Crippen molar-refractivity contribution in [3.63, 3.8) is 0 Å². The SMILES string of the molecule is O=C(O)CCCNC(=O)NCCCn1cccn1. The molecule has 1 heterocycles. The molecule has 0 atom stereocenters. The van der Waals surface area contributed by atoms with E-state index < -0.39 is 5.97 Å². The van der Waals surface area contributed by atoms with Crippen LogP contribution in [0, 0.1) is 0 Å². The number of nitrogens with zero attached hydrogens (tertiary/aromatic N) is 2. The molecule has 1 aromatic rings. The van der Waals surface area contributed by atoms with Crippen LogP contribution in [-0.4, -0.2) is 40.0 Å². The molecular weight excluding hydrogens is 236 g/mol. The van der Waals surface area contributed by atoms with Crippen molar-refractivity contribution in [1.82, 2.24) is 20.4 Å². The summed E-state index contributed by atoms with van der Waals surface area (Å²) in [5.74, 6) is -0.851. The quantitative estimate of drug-likeness (QED) is 0.586. The summed E-state index contributed by atoms with van der Waals surface area (Å²) in [5, 5.41) is 17.7. The number of hydrogen-bond acceptors (Lipinski definition) is 3. The fourth-order valence-corrected chi connectivity index (χ4v) is 1.38. The van der Waals surface area contributed by atoms with Crippen molar-refractivity contribution in [1.29, 1.82) is 0 Å². The fourth-order valence-electron chi connectivity index (χ4n) is 1.38. The van der Waals surface area contributed by atoms with Gasteiger partial charge in [0, 0.05) is 38.4 Å². The van der Waals surface area contributed by atoms with E-state index in [0.717, 1.165) is 13.0 Å². The molecule has 18 heavy (non-hydrogen) atoms. The molecule has 100 valence electrons. The Morgan fingerprint density at radius 3 is 2.56 bits per heavy atom. The van der Waals surface area contributed by atoms with E-state index in [2.05, 4.69) is 15.7 Å². The minimum atomic E-state index is -0.851. The second kappa shape index (κ2) is 8.10. The lowest BCUT2D eigenvalue weighted by Gasteiger charge is -2.07. The van der Waals surface area contributed by atoms with Crippen molar-refractivity contribution < 1.29 is 14.7 Å². The van der Waals surface area contributed by atoms with Crippen molar-refractivity contribution in [2.75, 3.05) is 13.1 Å². The normalized spacial score (nSPS) is 10.0. The van der Waals surface area contributed by atoms with Gasteiger partial charge in [-0.3, -0.25) is 9.48 Å². The number of urea groups is 1. The van der Waals surface area contributed by atoms with Gasteiger partial charge in [-0.25, -0.2) is 4.79 Å². The van der Waals surface area contributed by atoms with Crippen molar-refractivity contribution in [2.45, 2.75) is 25.8 Å². The summed E-state index contributed by atoms with van der Waals surface area (Å²) in [7, 11) is 0. The van der Waals surface area contributed by atoms with Gasteiger partial charge in [0.05, 0.1) is 0 Å². The summed E-state index contributed by atoms with van der Waals surface area (Å²) >= 11 is 0. The fraction of sp³-hybridized carbons (Fsp3) is 0.545. The van der Waals surface area contributed by atoms with Crippen LogP contribution in [0.1, 0.15) is 19.3 Å². The van der Waals surface area contributed by atoms with Gasteiger partial charge in [-0.05, 0) is 18.9 Å². The highest BCUT2D eigenvalue weighted by molar-refractivity contribution is 5.73. The van der Waals surface area contributed by atoms with E-state index in [0.29, 0.717) is 19.5 Å². The third-order valence-electron chi connectivity index (χ3n) is 2.26. The molecule has 0 spiro atoms. The van der Waals surface area contributed by atoms with Crippen LogP contribution in [0.2, 0.25) is 0 Å². The Morgan fingerprint density at radius 2 is 1.94 bits per heavy atom. The van der Waals surface area contributed by atoms with Gasteiger partial charge in [0.1, 0.15) is 0 Å². The van der Waals surface area contributed by atoms with Gasteiger partial charge < -0.3 is 15.7 Å². The van der Waals surface area contributed by atoms with Crippen molar-refractivity contribution in [3.8, 4) is 0 Å². The molecule has 7 nitrogen and oxygen atoms in total. The maximum Gasteiger partial charge on any atom is 0.314 e. The summed E-state index contributed by atoms with van der Waals surface area (Å²) in [6.45, 7) is 1.69. The van der Waals surface area contributed by atoms with E-state index in [4.69, 9.17) is 5.11 Å². The number of aliphatic carboxylic acids is 1. The summed E-state index contributed by atoms with van der Waals surface area (Å²) in [4.78, 5) is 21.5. The Kier molecular flexibility index (Phi) is 6.31. The number of carboxylic acid groups (broad SMARTS) is 1. The topological polar surface area (TPSA) is 96.3 Å². The van der Waals surface area contributed by atoms with E-state index >= 15 is 0 Å². The van der Waals surface area contributed by atoms with E-state index in [1.807, 2.05) is 12.3 Å². The Hall–Kier alpha value is -2.05. The molecule has 7 heteroatoms. The second-order valence-electron chi connectivity index (χ2n) is 3.80. The van der Waals surface area contributed by atoms with E-state index in [1.54, 1.807) is 10.9 Å². The van der Waals surface area contributed by atoms with Gasteiger partial charge in [-0.2, -0.15) is 5.10 Å². The van der Waals surface area contributed by atoms with Crippen LogP contribution in [0.3, 0.4) is 0 Å². The van der Waals surface area contributed by atoms with Gasteiger partial charge in [0.15, 0.2) is 0 Å². The third kappa shape index (κ3) is 6.51. The number of rotatable bonds is 8. The summed E-state index contributed by atoms with van der Waals surface area (Å²) in [5.41, 5.74) is 0. The predicted molar refractivity (Wildman–Crippen MR) is 65.1 cm³/mol. The van der Waals surface area contributed by atoms with Crippen LogP contribution in [-0.2, 0) is 11.3 Å². The second-order valence-corrected chi connectivity index (χ2v) is 3.80. The van der Waals surface area contributed by atoms with Crippen molar-refractivity contribution >= 4 is 12.0 Å². The minimum absolute atomic E-state index is 0.0690. The number of carboxylic acids is 1. The number of carbonyl (C=O) groups excluding carboxylic acids is 1. The van der Waals surface area contributed by atoms with Crippen molar-refractivity contribution in [3.05, 3.63) is 18.5 Å². The third-order valence-corrected chi connectivity index (χ3v) is 2.26. The number of nitrogens with one attached hydrogen (secondary N) is 2. The molecule has 3 N–H and O–H groups in total. The van der Waals surface area contributed by atoms with Crippen molar-refractivity contribution in [2.24, 2.45) is 0 Å². The van der Waals surface area contributed by atoms with Crippen LogP contribution in [0.25, 0.3) is 0 Å². The molecule has 0 fully saturated rings. The van der Waals surface area contributed by atoms with Crippen LogP contribution in [0.15, 0.2) is 18.5 Å². The highest BCUT2D eigenvalue weighted by Crippen LogP contribution is 1.88. The minimum Gasteiger partial charge on any atom is -0.481 e. The van der Waals surface area contributed by atoms with Crippen LogP contribution >= 0.6 is 0 Å². The average molecular weight is 254 g/mol. The Labute approximate surface area is 105 Å². The highest BCUT2D eigenvalue weighted by atomic mass is 16.4. The van der Waals surface area contributed by atoms with Crippen LogP contribution in [0.4, 0.5) is 4.79 Å². The molecule has 0 saturated heterocycles. The van der Waals surface area contributed by atoms with Crippen LogP contribution in [0.5, 0.6) is 0 Å². The number of amides is 2. The molecule has 0 saturated carbocycles. The molecule has 0 unspecified atom stereocenters. The zero-order valence-electron chi connectivity index (χ0n) is 10.1. The molecule has 0 aromatic carbocycles. The first kappa shape index (κ1) is 14.0. The smallest absolute Gasteiger partial charge is 0.314 e. The van der Waals surface area contributed by atoms with Crippen LogP contribution < -0.4 is 10.6 Å². The Balaban J connectivity index is 1.95. The summed E-state index contributed by atoms with van der Waals surface area (Å²) in [6.07, 6.45) is 4.88. The lowest BCUT2D eigenvalue weighted by Crippen LogP contribution is -2.36. The Morgan fingerprint density at radius 1 is 1.22 bits per heavy atom. The number of aromatic nitrogens is 2. The molecule has 0 aliphatic heterocycles. The first-order valence-electron chi connectivity index (χ1n) is 5.89. The molecule has 1 aromatic heterocycles. The standard InChI is InChI=1S/C11H18N4O3/c16-10(17)4-1-5-12-11(18)13-6-2-8-15-9-3-7-14-15/h3,7,9H,1-2,4-6,8H2,(H,16,17)(H2,12,13,18). The highest BCUT2D eigenvalue weighted by Gasteiger charge is 2.00. The Bertz CT molecular complexity index is 364. The summed E-state index contributed by atoms with van der Waals surface area (Å²) < 4.78 is 1.80. The van der Waals surface area contributed by atoms with Gasteiger partial charge in [0.2, 0.25) is 0 Å². The molecule has 0 bridgehead atoms. The van der Waals surface area contributed by atoms with Gasteiger partial charge in [-0.1, -0.05) is 0 Å². The number of aryl methyl sites for hydroxylation is 1. The zero-order chi connectivity index (χ0) is 13.2. The average Bonchev–Trinajstić information content (AvgIpc) is 2.83. The molecule has 0 aliphatic carbocycles. The number of carbonyl (C=O) groups is 2. The lowest BCUT2D eigenvalue weighted by atomic mass is 10.3. The lowest BCUT2D eigenvalue weighted by molar-refractivity contribution is -0.137. The maximum atomic E-state index is 11.3. The molecule has 1 rings (SSSR count). The first-order valence-corrected chi connectivity index (χ1v) is 5.89. The monoisotopic (exact) mass is 254 g/mol. The molecule has 0 radical (unpaired) electrons. The maximum absolute atomic E-state index is 11.3. The molecule has 2 amide bonds. The van der Waals surface area contributed by atoms with E-state index in [-0.39, 0.29) is 12.5 Å². The predicted octanol–water partition coefficient (Wildman–Crippen LogP) is 0.437. The van der Waals surface area contributed by atoms with E-state index in [1.165, 1.54) is 0 Å². The zero-order valence-corrected chi connectivity index (χ0v) is 10.1.